The van der Waals surface area contributed by atoms with Gasteiger partial charge in [-0.1, -0.05) is 19.1 Å². The van der Waals surface area contributed by atoms with Crippen molar-refractivity contribution in [2.24, 2.45) is 0 Å². The second-order valence-corrected chi connectivity index (χ2v) is 4.34. The first kappa shape index (κ1) is 14.2. The van der Waals surface area contributed by atoms with Gasteiger partial charge in [0, 0.05) is 0 Å². The highest BCUT2D eigenvalue weighted by molar-refractivity contribution is 5.87. The first-order valence-corrected chi connectivity index (χ1v) is 5.66. The molecule has 0 fully saturated rings. The Hall–Kier alpha value is -1.91. The van der Waals surface area contributed by atoms with Crippen LogP contribution in [0.15, 0.2) is 24.3 Å². The summed E-state index contributed by atoms with van der Waals surface area (Å²) in [7, 11) is 0. The van der Waals surface area contributed by atoms with Gasteiger partial charge >= 0.3 is 5.97 Å². The maximum atomic E-state index is 12.7. The Morgan fingerprint density at radius 3 is 2.33 bits per heavy atom. The zero-order valence-electron chi connectivity index (χ0n) is 10.4. The topological polar surface area (TPSA) is 66.4 Å². The summed E-state index contributed by atoms with van der Waals surface area (Å²) in [6, 6.07) is 5.52. The molecule has 0 saturated carbocycles. The van der Waals surface area contributed by atoms with Gasteiger partial charge in [0.1, 0.15) is 11.4 Å². The standard InChI is InChI=1S/C13H16FNO3/c1-3-13(2,12(17)18)15-11(16)8-9-4-6-10(14)7-5-9/h4-7H,3,8H2,1-2H3,(H,15,16)(H,17,18). The number of hydrogen-bond donors (Lipinski definition) is 2. The lowest BCUT2D eigenvalue weighted by atomic mass is 9.98. The van der Waals surface area contributed by atoms with Crippen molar-refractivity contribution in [1.82, 2.24) is 5.32 Å². The lowest BCUT2D eigenvalue weighted by molar-refractivity contribution is -0.146. The van der Waals surface area contributed by atoms with Crippen molar-refractivity contribution in [2.45, 2.75) is 32.2 Å². The molecule has 0 bridgehead atoms. The fraction of sp³-hybridized carbons (Fsp3) is 0.385. The van der Waals surface area contributed by atoms with Gasteiger partial charge in [0.05, 0.1) is 6.42 Å². The molecule has 1 rings (SSSR count). The Bertz CT molecular complexity index is 444. The Kier molecular flexibility index (Phi) is 4.42. The van der Waals surface area contributed by atoms with Gasteiger partial charge in [-0.25, -0.2) is 9.18 Å². The van der Waals surface area contributed by atoms with Crippen molar-refractivity contribution < 1.29 is 19.1 Å². The Labute approximate surface area is 105 Å². The maximum absolute atomic E-state index is 12.7. The van der Waals surface area contributed by atoms with E-state index in [2.05, 4.69) is 5.32 Å². The largest absolute Gasteiger partial charge is 0.480 e. The van der Waals surface area contributed by atoms with Crippen LogP contribution in [-0.4, -0.2) is 22.5 Å². The van der Waals surface area contributed by atoms with Gasteiger partial charge in [-0.05, 0) is 31.0 Å². The smallest absolute Gasteiger partial charge is 0.329 e. The zero-order valence-corrected chi connectivity index (χ0v) is 10.4. The van der Waals surface area contributed by atoms with Crippen molar-refractivity contribution >= 4 is 11.9 Å². The molecule has 0 aliphatic rings. The first-order valence-electron chi connectivity index (χ1n) is 5.66. The number of nitrogens with one attached hydrogen (secondary N) is 1. The second-order valence-electron chi connectivity index (χ2n) is 4.34. The average molecular weight is 253 g/mol. The summed E-state index contributed by atoms with van der Waals surface area (Å²) in [5.74, 6) is -1.84. The van der Waals surface area contributed by atoms with E-state index in [4.69, 9.17) is 5.11 Å². The highest BCUT2D eigenvalue weighted by Crippen LogP contribution is 2.10. The van der Waals surface area contributed by atoms with Crippen LogP contribution in [0, 0.1) is 5.82 Å². The minimum Gasteiger partial charge on any atom is -0.480 e. The monoisotopic (exact) mass is 253 g/mol. The summed E-state index contributed by atoms with van der Waals surface area (Å²) >= 11 is 0. The van der Waals surface area contributed by atoms with Gasteiger partial charge in [0.15, 0.2) is 0 Å². The quantitative estimate of drug-likeness (QED) is 0.840. The van der Waals surface area contributed by atoms with Crippen LogP contribution in [0.4, 0.5) is 4.39 Å². The van der Waals surface area contributed by atoms with E-state index in [-0.39, 0.29) is 18.7 Å². The van der Waals surface area contributed by atoms with Crippen LogP contribution >= 0.6 is 0 Å². The van der Waals surface area contributed by atoms with E-state index in [0.29, 0.717) is 5.56 Å². The normalized spacial score (nSPS) is 13.7. The van der Waals surface area contributed by atoms with Gasteiger partial charge in [-0.2, -0.15) is 0 Å². The number of carbonyl (C=O) groups is 2. The molecule has 2 N–H and O–H groups in total. The SMILES string of the molecule is CCC(C)(NC(=O)Cc1ccc(F)cc1)C(=O)O. The summed E-state index contributed by atoms with van der Waals surface area (Å²) in [4.78, 5) is 22.7. The third kappa shape index (κ3) is 3.55. The van der Waals surface area contributed by atoms with E-state index in [0.717, 1.165) is 0 Å². The van der Waals surface area contributed by atoms with Gasteiger partial charge in [0.2, 0.25) is 5.91 Å². The summed E-state index contributed by atoms with van der Waals surface area (Å²) < 4.78 is 12.7. The van der Waals surface area contributed by atoms with E-state index in [1.54, 1.807) is 6.92 Å². The highest BCUT2D eigenvalue weighted by Gasteiger charge is 2.32. The lowest BCUT2D eigenvalue weighted by Gasteiger charge is -2.24. The summed E-state index contributed by atoms with van der Waals surface area (Å²) in [5, 5.41) is 11.5. The van der Waals surface area contributed by atoms with E-state index < -0.39 is 17.4 Å². The molecular formula is C13H16FNO3. The summed E-state index contributed by atoms with van der Waals surface area (Å²) in [5.41, 5.74) is -0.630. The van der Waals surface area contributed by atoms with Crippen LogP contribution in [0.25, 0.3) is 0 Å². The van der Waals surface area contributed by atoms with Gasteiger partial charge in [-0.15, -0.1) is 0 Å². The van der Waals surface area contributed by atoms with Crippen LogP contribution in [0.5, 0.6) is 0 Å². The maximum Gasteiger partial charge on any atom is 0.329 e. The fourth-order valence-electron chi connectivity index (χ4n) is 1.43. The van der Waals surface area contributed by atoms with Crippen molar-refractivity contribution in [1.29, 1.82) is 0 Å². The number of amides is 1. The molecule has 0 radical (unpaired) electrons. The number of benzene rings is 1. The van der Waals surface area contributed by atoms with Crippen LogP contribution in [0.1, 0.15) is 25.8 Å². The Balaban J connectivity index is 2.66. The Morgan fingerprint density at radius 2 is 1.89 bits per heavy atom. The van der Waals surface area contributed by atoms with Crippen LogP contribution in [0.2, 0.25) is 0 Å². The molecule has 4 nitrogen and oxygen atoms in total. The van der Waals surface area contributed by atoms with Crippen molar-refractivity contribution in [3.63, 3.8) is 0 Å². The minimum atomic E-state index is -1.27. The van der Waals surface area contributed by atoms with Crippen LogP contribution < -0.4 is 5.32 Å². The molecule has 98 valence electrons. The van der Waals surface area contributed by atoms with E-state index in [1.807, 2.05) is 0 Å². The number of carboxylic acid groups (broad SMARTS) is 1. The molecule has 1 unspecified atom stereocenters. The number of hydrogen-bond acceptors (Lipinski definition) is 2. The van der Waals surface area contributed by atoms with Crippen LogP contribution in [0.3, 0.4) is 0 Å². The minimum absolute atomic E-state index is 0.0309. The predicted octanol–water partition coefficient (Wildman–Crippen LogP) is 1.74. The molecule has 1 aromatic rings. The average Bonchev–Trinajstić information content (AvgIpc) is 2.31. The molecule has 1 aromatic carbocycles. The number of carbonyl (C=O) groups excluding carboxylic acids is 1. The van der Waals surface area contributed by atoms with Crippen molar-refractivity contribution in [3.8, 4) is 0 Å². The summed E-state index contributed by atoms with van der Waals surface area (Å²) in [6.45, 7) is 3.14. The molecule has 0 aliphatic heterocycles. The Morgan fingerprint density at radius 1 is 1.33 bits per heavy atom. The van der Waals surface area contributed by atoms with E-state index in [1.165, 1.54) is 31.2 Å². The first-order chi connectivity index (χ1) is 8.37. The van der Waals surface area contributed by atoms with E-state index >= 15 is 0 Å². The van der Waals surface area contributed by atoms with Gasteiger partial charge in [0.25, 0.3) is 0 Å². The number of rotatable bonds is 5. The molecule has 1 atom stereocenters. The molecule has 0 aromatic heterocycles. The molecule has 18 heavy (non-hydrogen) atoms. The molecular weight excluding hydrogens is 237 g/mol. The molecule has 0 saturated heterocycles. The number of carboxylic acids is 1. The lowest BCUT2D eigenvalue weighted by Crippen LogP contribution is -2.52. The molecule has 0 aliphatic carbocycles. The van der Waals surface area contributed by atoms with E-state index in [9.17, 15) is 14.0 Å². The zero-order chi connectivity index (χ0) is 13.8. The highest BCUT2D eigenvalue weighted by atomic mass is 19.1. The predicted molar refractivity (Wildman–Crippen MR) is 64.6 cm³/mol. The number of aliphatic carboxylic acids is 1. The molecule has 1 amide bonds. The van der Waals surface area contributed by atoms with Gasteiger partial charge in [-0.3, -0.25) is 4.79 Å². The van der Waals surface area contributed by atoms with Crippen LogP contribution in [-0.2, 0) is 16.0 Å². The third-order valence-electron chi connectivity index (χ3n) is 2.87. The summed E-state index contributed by atoms with van der Waals surface area (Å²) in [6.07, 6.45) is 0.320. The molecule has 5 heteroatoms. The van der Waals surface area contributed by atoms with Crippen molar-refractivity contribution in [3.05, 3.63) is 35.6 Å². The van der Waals surface area contributed by atoms with Crippen molar-refractivity contribution in [2.75, 3.05) is 0 Å². The fourth-order valence-corrected chi connectivity index (χ4v) is 1.43. The van der Waals surface area contributed by atoms with Gasteiger partial charge < -0.3 is 10.4 Å². The molecule has 0 spiro atoms. The third-order valence-corrected chi connectivity index (χ3v) is 2.87. The second kappa shape index (κ2) is 5.62. The molecule has 0 heterocycles. The number of halogens is 1.